The number of methoxy groups -OCH3 is 1. The number of allylic oxidation sites excluding steroid dienone is 1. The minimum atomic E-state index is -0.972. The number of cyclic esters (lactones) is 1. The Balaban J connectivity index is 1.67. The van der Waals surface area contributed by atoms with Crippen LogP contribution in [0.25, 0.3) is 0 Å². The van der Waals surface area contributed by atoms with E-state index in [0.717, 1.165) is 5.56 Å². The van der Waals surface area contributed by atoms with Crippen molar-refractivity contribution >= 4 is 35.5 Å². The fraction of sp³-hybridized carbons (Fsp3) is 0.674. The van der Waals surface area contributed by atoms with E-state index in [1.165, 1.54) is 16.8 Å². The largest absolute Gasteiger partial charge is 0.497 e. The second kappa shape index (κ2) is 19.6. The molecule has 1 fully saturated rings. The smallest absolute Gasteiger partial charge is 0.329 e. The number of nitrogens with one attached hydrogen (secondary N) is 1. The molecule has 0 saturated carbocycles. The van der Waals surface area contributed by atoms with Gasteiger partial charge in [-0.2, -0.15) is 0 Å². The Morgan fingerprint density at radius 3 is 2.32 bits per heavy atom. The van der Waals surface area contributed by atoms with Gasteiger partial charge in [-0.15, -0.1) is 0 Å². The Morgan fingerprint density at radius 1 is 0.982 bits per heavy atom. The average molecular weight is 780 g/mol. The highest BCUT2D eigenvalue weighted by atomic mass is 16.5. The molecule has 0 radical (unpaired) electrons. The van der Waals surface area contributed by atoms with Gasteiger partial charge in [0.1, 0.15) is 42.6 Å². The molecule has 3 aliphatic heterocycles. The molecule has 2 bridgehead atoms. The van der Waals surface area contributed by atoms with Crippen LogP contribution < -0.4 is 10.1 Å². The third-order valence-corrected chi connectivity index (χ3v) is 11.6. The van der Waals surface area contributed by atoms with Gasteiger partial charge in [-0.25, -0.2) is 9.79 Å². The van der Waals surface area contributed by atoms with Crippen molar-refractivity contribution in [2.24, 2.45) is 22.2 Å². The van der Waals surface area contributed by atoms with Gasteiger partial charge in [-0.05, 0) is 80.1 Å². The number of hydrogen-bond acceptors (Lipinski definition) is 9. The number of nitrogens with zero attached hydrogens (tertiary/aromatic N) is 4. The molecule has 1 saturated heterocycles. The van der Waals surface area contributed by atoms with E-state index < -0.39 is 48.1 Å². The van der Waals surface area contributed by atoms with E-state index in [1.807, 2.05) is 58.9 Å². The summed E-state index contributed by atoms with van der Waals surface area (Å²) in [4.78, 5) is 79.4. The number of esters is 1. The van der Waals surface area contributed by atoms with Crippen molar-refractivity contribution in [1.82, 2.24) is 20.0 Å². The fourth-order valence-corrected chi connectivity index (χ4v) is 7.59. The van der Waals surface area contributed by atoms with E-state index in [9.17, 15) is 24.0 Å². The van der Waals surface area contributed by atoms with Gasteiger partial charge in [-0.1, -0.05) is 66.2 Å². The number of benzene rings is 1. The highest BCUT2D eigenvalue weighted by molar-refractivity contribution is 5.95. The summed E-state index contributed by atoms with van der Waals surface area (Å²) < 4.78 is 17.4. The Bertz CT molecular complexity index is 1600. The Hall–Kier alpha value is -4.42. The number of likely N-dealkylation sites (N-methyl/N-ethyl adjacent to an activating group) is 2. The number of fused-ring (bicyclic) bond motifs is 2. The van der Waals surface area contributed by atoms with Crippen LogP contribution >= 0.6 is 0 Å². The number of amides is 4. The van der Waals surface area contributed by atoms with Crippen LogP contribution in [0.3, 0.4) is 0 Å². The summed E-state index contributed by atoms with van der Waals surface area (Å²) in [6, 6.07) is 3.47. The van der Waals surface area contributed by atoms with Crippen LogP contribution in [0.15, 0.2) is 41.4 Å². The first-order chi connectivity index (χ1) is 26.4. The average Bonchev–Trinajstić information content (AvgIpc) is 3.85. The summed E-state index contributed by atoms with van der Waals surface area (Å²) in [7, 11) is 4.70. The molecule has 1 aromatic carbocycles. The van der Waals surface area contributed by atoms with Crippen molar-refractivity contribution in [3.8, 4) is 5.75 Å². The van der Waals surface area contributed by atoms with Gasteiger partial charge in [-0.3, -0.25) is 19.2 Å². The minimum absolute atomic E-state index is 0.127. The summed E-state index contributed by atoms with van der Waals surface area (Å²) in [5.41, 5.74) is 0.453. The van der Waals surface area contributed by atoms with Crippen molar-refractivity contribution in [2.75, 3.05) is 34.4 Å². The monoisotopic (exact) mass is 779 g/mol. The van der Waals surface area contributed by atoms with Gasteiger partial charge in [0.25, 0.3) is 0 Å². The lowest BCUT2D eigenvalue weighted by molar-refractivity contribution is -0.166. The zero-order valence-corrected chi connectivity index (χ0v) is 35.2. The highest BCUT2D eigenvalue weighted by Crippen LogP contribution is 2.32. The maximum atomic E-state index is 14.5. The Kier molecular flexibility index (Phi) is 15.5. The van der Waals surface area contributed by atoms with Crippen LogP contribution in [0.5, 0.6) is 5.75 Å². The molecule has 0 aromatic heterocycles. The first kappa shape index (κ1) is 44.3. The van der Waals surface area contributed by atoms with Crippen LogP contribution in [0, 0.1) is 17.3 Å². The molecule has 4 rings (SSSR count). The number of ether oxygens (including phenoxy) is 3. The predicted molar refractivity (Wildman–Crippen MR) is 215 cm³/mol. The summed E-state index contributed by atoms with van der Waals surface area (Å²) >= 11 is 0. The zero-order chi connectivity index (χ0) is 41.3. The normalized spacial score (nSPS) is 29.3. The quantitative estimate of drug-likeness (QED) is 0.413. The molecule has 2 unspecified atom stereocenters. The third kappa shape index (κ3) is 11.3. The highest BCUT2D eigenvalue weighted by Gasteiger charge is 2.44. The lowest BCUT2D eigenvalue weighted by Gasteiger charge is -2.39. The topological polar surface area (TPSA) is 147 Å². The molecule has 3 heterocycles. The molecular weight excluding hydrogens is 714 g/mol. The van der Waals surface area contributed by atoms with Gasteiger partial charge >= 0.3 is 5.97 Å². The molecule has 4 amide bonds. The number of carbonyl (C=O) groups is 5. The van der Waals surface area contributed by atoms with E-state index in [4.69, 9.17) is 14.2 Å². The summed E-state index contributed by atoms with van der Waals surface area (Å²) in [5.74, 6) is -0.826. The van der Waals surface area contributed by atoms with E-state index in [1.54, 1.807) is 38.1 Å². The van der Waals surface area contributed by atoms with Gasteiger partial charge in [0.15, 0.2) is 0 Å². The molecule has 310 valence electrons. The Morgan fingerprint density at radius 2 is 1.68 bits per heavy atom. The van der Waals surface area contributed by atoms with Gasteiger partial charge in [0, 0.05) is 33.5 Å². The first-order valence-electron chi connectivity index (χ1n) is 20.3. The molecule has 0 spiro atoms. The van der Waals surface area contributed by atoms with Crippen molar-refractivity contribution in [1.29, 1.82) is 0 Å². The maximum Gasteiger partial charge on any atom is 0.329 e. The van der Waals surface area contributed by atoms with Gasteiger partial charge < -0.3 is 34.2 Å². The second-order valence-electron chi connectivity index (χ2n) is 17.0. The van der Waals surface area contributed by atoms with Crippen molar-refractivity contribution in [3.63, 3.8) is 0 Å². The minimum Gasteiger partial charge on any atom is -0.497 e. The maximum absolute atomic E-state index is 14.5. The number of carbonyl (C=O) groups excluding carboxylic acids is 5. The van der Waals surface area contributed by atoms with Gasteiger partial charge in [0.05, 0.1) is 13.2 Å². The molecule has 13 nitrogen and oxygen atoms in total. The molecule has 1 N–H and O–H groups in total. The van der Waals surface area contributed by atoms with Crippen molar-refractivity contribution < 1.29 is 38.2 Å². The van der Waals surface area contributed by atoms with E-state index in [-0.39, 0.29) is 47.9 Å². The van der Waals surface area contributed by atoms with Gasteiger partial charge in [0.2, 0.25) is 29.5 Å². The Labute approximate surface area is 333 Å². The number of hydrogen-bond donors (Lipinski definition) is 1. The van der Waals surface area contributed by atoms with Crippen molar-refractivity contribution in [2.45, 2.75) is 136 Å². The van der Waals surface area contributed by atoms with Crippen LogP contribution in [-0.2, 0) is 39.9 Å². The van der Waals surface area contributed by atoms with Crippen LogP contribution in [0.1, 0.15) is 99.0 Å². The zero-order valence-electron chi connectivity index (χ0n) is 35.2. The number of rotatable bonds is 5. The first-order valence-corrected chi connectivity index (χ1v) is 20.3. The van der Waals surface area contributed by atoms with Crippen LogP contribution in [-0.4, -0.2) is 121 Å². The molecular formula is C43H65N5O8. The lowest BCUT2D eigenvalue weighted by atomic mass is 9.83. The molecule has 3 aliphatic rings. The molecule has 1 aromatic rings. The summed E-state index contributed by atoms with van der Waals surface area (Å²) in [5, 5.41) is 2.93. The van der Waals surface area contributed by atoms with Crippen molar-refractivity contribution in [3.05, 3.63) is 42.0 Å². The fourth-order valence-electron chi connectivity index (χ4n) is 7.59. The molecule has 13 heteroatoms. The molecule has 8 atom stereocenters. The summed E-state index contributed by atoms with van der Waals surface area (Å²) in [6.07, 6.45) is 7.27. The standard InChI is InChI=1S/C43H65N5O8/c1-11-28(3)38-41(52)48-23-13-15-34(48)42(53)56-35(43(5,6)7)24-27(2)14-12-16-37-44-31(26-55-37)19-22-36(49)45-33(25-30-17-20-32(54-10)21-18-30)40(51)46(8)29(4)39(50)47(38)9/h12,16-18,20-21,27-29,31,33-35,38H,11,13-15,19,22-26H2,1-10H3,(H,45,49)/b16-12+/t27-,28-,29-,31-,33?,34-,35?,38-/m0/s1. The van der Waals surface area contributed by atoms with E-state index >= 15 is 0 Å². The lowest BCUT2D eigenvalue weighted by Crippen LogP contribution is -2.59. The third-order valence-electron chi connectivity index (χ3n) is 11.6. The number of aliphatic imine (C=N–C) groups is 1. The molecule has 0 aliphatic carbocycles. The van der Waals surface area contributed by atoms with Crippen LogP contribution in [0.2, 0.25) is 0 Å². The predicted octanol–water partition coefficient (Wildman–Crippen LogP) is 4.96. The van der Waals surface area contributed by atoms with E-state index in [2.05, 4.69) is 17.2 Å². The summed E-state index contributed by atoms with van der Waals surface area (Å²) in [6.45, 7) is 14.5. The van der Waals surface area contributed by atoms with Crippen LogP contribution in [0.4, 0.5) is 0 Å². The van der Waals surface area contributed by atoms with E-state index in [0.29, 0.717) is 63.3 Å². The second-order valence-corrected chi connectivity index (χ2v) is 17.0. The molecule has 56 heavy (non-hydrogen) atoms. The SMILES string of the molecule is CC[C@H](C)[C@H]1C(=O)N2CCC[C@H]2C(=O)OC(C(C)(C)C)C[C@@H](C)C/C=C/C2=N[C@@H](CCC(=O)NC(Cc3ccc(OC)cc3)C(=O)N(C)[C@@H](C)C(=O)N1C)CO2.